The van der Waals surface area contributed by atoms with E-state index in [0.717, 1.165) is 13.1 Å². The van der Waals surface area contributed by atoms with Crippen molar-refractivity contribution in [3.63, 3.8) is 0 Å². The van der Waals surface area contributed by atoms with E-state index in [2.05, 4.69) is 31.1 Å². The van der Waals surface area contributed by atoms with Crippen molar-refractivity contribution in [3.8, 4) is 5.88 Å². The van der Waals surface area contributed by atoms with E-state index >= 15 is 0 Å². The van der Waals surface area contributed by atoms with E-state index in [1.165, 1.54) is 6.07 Å². The molecule has 14 heteroatoms. The first-order chi connectivity index (χ1) is 14.8. The fourth-order valence-electron chi connectivity index (χ4n) is 2.90. The fourth-order valence-corrected chi connectivity index (χ4v) is 4.42. The van der Waals surface area contributed by atoms with Gasteiger partial charge in [-0.25, -0.2) is 13.2 Å². The Morgan fingerprint density at radius 2 is 2.16 bits per heavy atom. The van der Waals surface area contributed by atoms with Crippen molar-refractivity contribution < 1.29 is 32.4 Å². The number of nitrogens with one attached hydrogen (secondary N) is 5. The fraction of sp³-hybridized carbons (Fsp3) is 0.706. The number of carbonyl (C=O) groups is 2. The number of unbranched alkanes of at least 4 members (excludes halogenated alkanes) is 1. The van der Waals surface area contributed by atoms with E-state index in [1.807, 2.05) is 0 Å². The standard InChI is InChI=1S/C17H30N6O7S/c1-2-3-9-31(27,28)23-17(15(25)26,21-12-24)11-13-10-14(22-30-13)29-8-4-5-18-16-19-6-7-20-16/h10,12,16,18-20,23H,2-9,11H2,1H3,(H,21,24)(H,25,26). The van der Waals surface area contributed by atoms with Crippen LogP contribution in [-0.4, -0.2) is 75.0 Å². The molecular weight excluding hydrogens is 432 g/mol. The average Bonchev–Trinajstić information content (AvgIpc) is 3.38. The highest BCUT2D eigenvalue weighted by molar-refractivity contribution is 7.89. The van der Waals surface area contributed by atoms with Crippen LogP contribution in [-0.2, 0) is 26.0 Å². The zero-order valence-corrected chi connectivity index (χ0v) is 18.2. The van der Waals surface area contributed by atoms with E-state index in [1.54, 1.807) is 6.92 Å². The smallest absolute Gasteiger partial charge is 0.346 e. The van der Waals surface area contributed by atoms with E-state index in [4.69, 9.17) is 9.26 Å². The molecule has 1 atom stereocenters. The summed E-state index contributed by atoms with van der Waals surface area (Å²) in [5, 5.41) is 25.1. The van der Waals surface area contributed by atoms with Crippen molar-refractivity contribution in [2.24, 2.45) is 0 Å². The van der Waals surface area contributed by atoms with Crippen molar-refractivity contribution >= 4 is 22.4 Å². The van der Waals surface area contributed by atoms with Gasteiger partial charge in [-0.1, -0.05) is 13.3 Å². The first-order valence-electron chi connectivity index (χ1n) is 10.0. The van der Waals surface area contributed by atoms with Gasteiger partial charge >= 0.3 is 5.97 Å². The molecule has 0 saturated carbocycles. The minimum absolute atomic E-state index is 0.0300. The number of hydrogen-bond acceptors (Lipinski definition) is 10. The molecule has 0 aromatic carbocycles. The summed E-state index contributed by atoms with van der Waals surface area (Å²) in [5.74, 6) is -1.70. The Morgan fingerprint density at radius 3 is 2.81 bits per heavy atom. The van der Waals surface area contributed by atoms with Crippen LogP contribution in [0, 0.1) is 0 Å². The highest BCUT2D eigenvalue weighted by Gasteiger charge is 2.43. The predicted octanol–water partition coefficient (Wildman–Crippen LogP) is -1.70. The Balaban J connectivity index is 1.93. The van der Waals surface area contributed by atoms with Gasteiger partial charge in [0.2, 0.25) is 22.1 Å². The number of hydrogen-bond donors (Lipinski definition) is 6. The molecule has 0 bridgehead atoms. The van der Waals surface area contributed by atoms with Gasteiger partial charge in [0.1, 0.15) is 12.0 Å². The Kier molecular flexibility index (Phi) is 9.64. The maximum atomic E-state index is 12.3. The molecule has 1 aliphatic rings. The van der Waals surface area contributed by atoms with Gasteiger partial charge in [0, 0.05) is 25.7 Å². The molecule has 1 aromatic rings. The Bertz CT molecular complexity index is 812. The first-order valence-corrected chi connectivity index (χ1v) is 11.7. The molecule has 0 aliphatic carbocycles. The summed E-state index contributed by atoms with van der Waals surface area (Å²) in [6.07, 6.45) is 1.33. The van der Waals surface area contributed by atoms with Crippen LogP contribution in [0.1, 0.15) is 31.9 Å². The monoisotopic (exact) mass is 462 g/mol. The molecule has 1 saturated heterocycles. The summed E-state index contributed by atoms with van der Waals surface area (Å²) in [7, 11) is -3.97. The predicted molar refractivity (Wildman–Crippen MR) is 110 cm³/mol. The lowest BCUT2D eigenvalue weighted by Gasteiger charge is -2.28. The topological polar surface area (TPSA) is 184 Å². The quantitative estimate of drug-likeness (QED) is 0.0934. The second-order valence-corrected chi connectivity index (χ2v) is 8.89. The Hall–Kier alpha value is -2.26. The molecule has 0 spiro atoms. The van der Waals surface area contributed by atoms with Gasteiger partial charge in [0.15, 0.2) is 0 Å². The molecule has 1 unspecified atom stereocenters. The minimum Gasteiger partial charge on any atom is -0.478 e. The van der Waals surface area contributed by atoms with Crippen LogP contribution in [0.5, 0.6) is 5.88 Å². The molecule has 1 fully saturated rings. The lowest BCUT2D eigenvalue weighted by atomic mass is 10.1. The van der Waals surface area contributed by atoms with Crippen molar-refractivity contribution in [3.05, 3.63) is 11.8 Å². The molecule has 2 rings (SSSR count). The van der Waals surface area contributed by atoms with E-state index in [-0.39, 0.29) is 30.1 Å². The maximum absolute atomic E-state index is 12.3. The largest absolute Gasteiger partial charge is 0.478 e. The number of nitrogens with zero attached hydrogens (tertiary/aromatic N) is 1. The van der Waals surface area contributed by atoms with Crippen molar-refractivity contribution in [2.45, 2.75) is 44.6 Å². The summed E-state index contributed by atoms with van der Waals surface area (Å²) in [6.45, 7) is 4.65. The SMILES string of the molecule is CCCCS(=O)(=O)NC(Cc1cc(OCCCNC2NCCN2)no1)(NC=O)C(=O)O. The van der Waals surface area contributed by atoms with Gasteiger partial charge in [-0.05, 0) is 18.0 Å². The maximum Gasteiger partial charge on any atom is 0.346 e. The third kappa shape index (κ3) is 8.06. The minimum atomic E-state index is -3.97. The molecule has 2 heterocycles. The first kappa shape index (κ1) is 25.0. The number of carboxylic acid groups (broad SMARTS) is 1. The lowest BCUT2D eigenvalue weighted by molar-refractivity contribution is -0.147. The molecule has 1 aliphatic heterocycles. The normalized spacial score (nSPS) is 16.7. The lowest BCUT2D eigenvalue weighted by Crippen LogP contribution is -2.65. The third-order valence-electron chi connectivity index (χ3n) is 4.48. The zero-order valence-electron chi connectivity index (χ0n) is 17.3. The van der Waals surface area contributed by atoms with E-state index < -0.39 is 28.1 Å². The van der Waals surface area contributed by atoms with Crippen molar-refractivity contribution in [2.75, 3.05) is 32.0 Å². The average molecular weight is 463 g/mol. The molecule has 1 amide bonds. The number of rotatable bonds is 16. The van der Waals surface area contributed by atoms with Crippen LogP contribution >= 0.6 is 0 Å². The van der Waals surface area contributed by atoms with Crippen LogP contribution in [0.3, 0.4) is 0 Å². The molecule has 6 N–H and O–H groups in total. The van der Waals surface area contributed by atoms with Crippen LogP contribution in [0.4, 0.5) is 0 Å². The van der Waals surface area contributed by atoms with Crippen LogP contribution in [0.15, 0.2) is 10.6 Å². The number of ether oxygens (including phenoxy) is 1. The second-order valence-electron chi connectivity index (χ2n) is 7.05. The number of carbonyl (C=O) groups excluding carboxylic acids is 1. The molecule has 1 aromatic heterocycles. The van der Waals surface area contributed by atoms with E-state index in [9.17, 15) is 23.1 Å². The summed E-state index contributed by atoms with van der Waals surface area (Å²) in [5.41, 5.74) is -2.31. The molecule has 31 heavy (non-hydrogen) atoms. The summed E-state index contributed by atoms with van der Waals surface area (Å²) < 4.78 is 37.2. The second kappa shape index (κ2) is 12.0. The van der Waals surface area contributed by atoms with Crippen molar-refractivity contribution in [1.29, 1.82) is 0 Å². The number of carboxylic acids is 1. The van der Waals surface area contributed by atoms with Crippen LogP contribution in [0.2, 0.25) is 0 Å². The van der Waals surface area contributed by atoms with Crippen LogP contribution < -0.4 is 30.7 Å². The van der Waals surface area contributed by atoms with Gasteiger partial charge < -0.3 is 19.7 Å². The molecule has 13 nitrogen and oxygen atoms in total. The van der Waals surface area contributed by atoms with Gasteiger partial charge in [0.25, 0.3) is 5.88 Å². The van der Waals surface area contributed by atoms with Crippen molar-refractivity contribution in [1.82, 2.24) is 31.1 Å². The van der Waals surface area contributed by atoms with Gasteiger partial charge in [-0.3, -0.25) is 20.7 Å². The third-order valence-corrected chi connectivity index (χ3v) is 5.97. The van der Waals surface area contributed by atoms with Crippen LogP contribution in [0.25, 0.3) is 0 Å². The molecular formula is C17H30N6O7S. The van der Waals surface area contributed by atoms with Gasteiger partial charge in [0.05, 0.1) is 18.8 Å². The Labute approximate surface area is 180 Å². The summed E-state index contributed by atoms with van der Waals surface area (Å²) in [4.78, 5) is 22.9. The highest BCUT2D eigenvalue weighted by Crippen LogP contribution is 2.18. The number of aromatic nitrogens is 1. The number of aliphatic carboxylic acids is 1. The van der Waals surface area contributed by atoms with E-state index in [0.29, 0.717) is 32.4 Å². The molecule has 0 radical (unpaired) electrons. The molecule has 176 valence electrons. The highest BCUT2D eigenvalue weighted by atomic mass is 32.2. The number of sulfonamides is 1. The Morgan fingerprint density at radius 1 is 1.42 bits per heavy atom. The zero-order chi connectivity index (χ0) is 22.7. The summed E-state index contributed by atoms with van der Waals surface area (Å²) in [6, 6.07) is 1.36. The van der Waals surface area contributed by atoms with Gasteiger partial charge in [-0.2, -0.15) is 4.72 Å². The van der Waals surface area contributed by atoms with Gasteiger partial charge in [-0.15, -0.1) is 0 Å². The number of amides is 1. The summed E-state index contributed by atoms with van der Waals surface area (Å²) >= 11 is 0.